The van der Waals surface area contributed by atoms with Crippen LogP contribution in [0.1, 0.15) is 90.4 Å². The van der Waals surface area contributed by atoms with E-state index in [9.17, 15) is 9.90 Å². The maximum absolute atomic E-state index is 10.3. The second-order valence-corrected chi connectivity index (χ2v) is 5.87. The lowest BCUT2D eigenvalue weighted by molar-refractivity contribution is -0.137. The van der Waals surface area contributed by atoms with Gasteiger partial charge in [-0.2, -0.15) is 0 Å². The second-order valence-electron chi connectivity index (χ2n) is 5.87. The van der Waals surface area contributed by atoms with Crippen molar-refractivity contribution in [1.29, 1.82) is 0 Å². The highest BCUT2D eigenvalue weighted by Gasteiger charge is 1.97. The highest BCUT2D eigenvalue weighted by Crippen LogP contribution is 2.12. The molecule has 0 saturated carbocycles. The monoisotopic (exact) mass is 298 g/mol. The zero-order valence-electron chi connectivity index (χ0n) is 13.7. The number of aliphatic carboxylic acids is 1. The molecule has 0 heterocycles. The molecule has 3 nitrogen and oxygen atoms in total. The molecular weight excluding hydrogens is 264 g/mol. The lowest BCUT2D eigenvalue weighted by atomic mass is 10.0. The Kier molecular flexibility index (Phi) is 14.9. The highest BCUT2D eigenvalue weighted by atomic mass is 16.4. The molecule has 0 saturated heterocycles. The largest absolute Gasteiger partial charge is 0.481 e. The minimum atomic E-state index is -0.672. The number of aliphatic hydroxyl groups excluding tert-OH is 1. The molecule has 0 fully saturated rings. The van der Waals surface area contributed by atoms with Gasteiger partial charge in [0.2, 0.25) is 0 Å². The zero-order chi connectivity index (χ0) is 15.8. The average Bonchev–Trinajstić information content (AvgIpc) is 2.46. The minimum Gasteiger partial charge on any atom is -0.481 e. The third-order valence-electron chi connectivity index (χ3n) is 3.79. The summed E-state index contributed by atoms with van der Waals surface area (Å²) in [7, 11) is 0. The third kappa shape index (κ3) is 17.1. The van der Waals surface area contributed by atoms with Crippen LogP contribution < -0.4 is 0 Å². The zero-order valence-corrected chi connectivity index (χ0v) is 13.7. The molecule has 0 spiro atoms. The summed E-state index contributed by atoms with van der Waals surface area (Å²) in [6.07, 6.45) is 18.0. The van der Waals surface area contributed by atoms with Crippen LogP contribution in [-0.4, -0.2) is 22.3 Å². The van der Waals surface area contributed by atoms with Crippen molar-refractivity contribution < 1.29 is 15.0 Å². The molecule has 0 bridgehead atoms. The lowest BCUT2D eigenvalue weighted by Gasteiger charge is -2.02. The summed E-state index contributed by atoms with van der Waals surface area (Å²) >= 11 is 0. The van der Waals surface area contributed by atoms with Gasteiger partial charge in [0.1, 0.15) is 0 Å². The molecule has 0 rings (SSSR count). The number of rotatable bonds is 15. The Hall–Kier alpha value is -0.830. The van der Waals surface area contributed by atoms with Gasteiger partial charge in [0.25, 0.3) is 0 Å². The van der Waals surface area contributed by atoms with Crippen molar-refractivity contribution in [3.8, 4) is 0 Å². The van der Waals surface area contributed by atoms with Crippen LogP contribution in [0.5, 0.6) is 0 Å². The van der Waals surface area contributed by atoms with Crippen molar-refractivity contribution in [2.24, 2.45) is 0 Å². The molecule has 1 atom stereocenters. The molecule has 0 aromatic rings. The number of unbranched alkanes of at least 4 members (excludes halogenated alkanes) is 10. The number of allylic oxidation sites excluding steroid dienone is 1. The van der Waals surface area contributed by atoms with Crippen LogP contribution in [0.3, 0.4) is 0 Å². The van der Waals surface area contributed by atoms with Gasteiger partial charge in [-0.15, -0.1) is 0 Å². The Labute approximate surface area is 130 Å². The maximum atomic E-state index is 10.3. The lowest BCUT2D eigenvalue weighted by Crippen LogP contribution is -1.97. The van der Waals surface area contributed by atoms with Gasteiger partial charge in [-0.3, -0.25) is 4.79 Å². The topological polar surface area (TPSA) is 57.5 Å². The van der Waals surface area contributed by atoms with Crippen molar-refractivity contribution in [1.82, 2.24) is 0 Å². The molecule has 0 aliphatic rings. The molecule has 124 valence electrons. The number of carboxylic acid groups (broad SMARTS) is 1. The summed E-state index contributed by atoms with van der Waals surface area (Å²) in [6.45, 7) is 1.99. The molecule has 1 unspecified atom stereocenters. The van der Waals surface area contributed by atoms with Gasteiger partial charge in [0.05, 0.1) is 6.10 Å². The summed E-state index contributed by atoms with van der Waals surface area (Å²) in [5.74, 6) is -0.672. The molecular formula is C18H34O3. The average molecular weight is 298 g/mol. The van der Waals surface area contributed by atoms with Crippen LogP contribution >= 0.6 is 0 Å². The van der Waals surface area contributed by atoms with E-state index in [1.807, 2.05) is 13.0 Å². The van der Waals surface area contributed by atoms with Gasteiger partial charge >= 0.3 is 5.97 Å². The number of hydrogen-bond acceptors (Lipinski definition) is 2. The Morgan fingerprint density at radius 2 is 1.38 bits per heavy atom. The normalized spacial score (nSPS) is 12.9. The van der Waals surface area contributed by atoms with Crippen molar-refractivity contribution in [2.45, 2.75) is 96.5 Å². The van der Waals surface area contributed by atoms with Crippen LogP contribution in [0.15, 0.2) is 12.2 Å². The van der Waals surface area contributed by atoms with E-state index in [0.717, 1.165) is 25.7 Å². The van der Waals surface area contributed by atoms with Gasteiger partial charge in [-0.05, 0) is 25.7 Å². The SMILES string of the molecule is CCC(O)C=CCCCCCCCCCCCCC(=O)O. The predicted octanol–water partition coefficient (Wildman–Crippen LogP) is 5.08. The van der Waals surface area contributed by atoms with Crippen molar-refractivity contribution in [2.75, 3.05) is 0 Å². The van der Waals surface area contributed by atoms with Crippen molar-refractivity contribution in [3.63, 3.8) is 0 Å². The fourth-order valence-corrected chi connectivity index (χ4v) is 2.34. The molecule has 0 amide bonds. The first-order valence-electron chi connectivity index (χ1n) is 8.73. The summed E-state index contributed by atoms with van der Waals surface area (Å²) in [4.78, 5) is 10.3. The van der Waals surface area contributed by atoms with E-state index in [4.69, 9.17) is 5.11 Å². The number of aliphatic hydroxyl groups is 1. The highest BCUT2D eigenvalue weighted by molar-refractivity contribution is 5.66. The first kappa shape index (κ1) is 20.2. The van der Waals surface area contributed by atoms with Crippen LogP contribution in [-0.2, 0) is 4.79 Å². The summed E-state index contributed by atoms with van der Waals surface area (Å²) in [5.41, 5.74) is 0. The molecule has 3 heteroatoms. The van der Waals surface area contributed by atoms with Crippen molar-refractivity contribution >= 4 is 5.97 Å². The van der Waals surface area contributed by atoms with Crippen molar-refractivity contribution in [3.05, 3.63) is 12.2 Å². The van der Waals surface area contributed by atoms with Crippen LogP contribution in [0.2, 0.25) is 0 Å². The Balaban J connectivity index is 3.09. The first-order valence-corrected chi connectivity index (χ1v) is 8.73. The van der Waals surface area contributed by atoms with E-state index < -0.39 is 5.97 Å². The molecule has 2 N–H and O–H groups in total. The fourth-order valence-electron chi connectivity index (χ4n) is 2.34. The third-order valence-corrected chi connectivity index (χ3v) is 3.79. The maximum Gasteiger partial charge on any atom is 0.303 e. The molecule has 0 aliphatic heterocycles. The molecule has 0 aromatic heterocycles. The number of carbonyl (C=O) groups is 1. The van der Waals surface area contributed by atoms with E-state index in [1.165, 1.54) is 51.4 Å². The minimum absolute atomic E-state index is 0.263. The van der Waals surface area contributed by atoms with E-state index in [-0.39, 0.29) is 6.10 Å². The number of carboxylic acids is 1. The van der Waals surface area contributed by atoms with E-state index in [0.29, 0.717) is 6.42 Å². The van der Waals surface area contributed by atoms with E-state index >= 15 is 0 Å². The number of hydrogen-bond donors (Lipinski definition) is 2. The first-order chi connectivity index (χ1) is 10.2. The summed E-state index contributed by atoms with van der Waals surface area (Å²) < 4.78 is 0. The second kappa shape index (κ2) is 15.6. The quantitative estimate of drug-likeness (QED) is 0.327. The Bertz CT molecular complexity index is 261. The van der Waals surface area contributed by atoms with E-state index in [1.54, 1.807) is 0 Å². The molecule has 0 aromatic carbocycles. The van der Waals surface area contributed by atoms with Gasteiger partial charge in [0, 0.05) is 6.42 Å². The molecule has 21 heavy (non-hydrogen) atoms. The summed E-state index contributed by atoms with van der Waals surface area (Å²) in [6, 6.07) is 0. The fraction of sp³-hybridized carbons (Fsp3) is 0.833. The Morgan fingerprint density at radius 1 is 0.905 bits per heavy atom. The van der Waals surface area contributed by atoms with Crippen LogP contribution in [0.4, 0.5) is 0 Å². The Morgan fingerprint density at radius 3 is 1.86 bits per heavy atom. The van der Waals surface area contributed by atoms with Gasteiger partial charge < -0.3 is 10.2 Å². The van der Waals surface area contributed by atoms with Gasteiger partial charge in [0.15, 0.2) is 0 Å². The van der Waals surface area contributed by atoms with Crippen LogP contribution in [0, 0.1) is 0 Å². The van der Waals surface area contributed by atoms with Gasteiger partial charge in [-0.25, -0.2) is 0 Å². The molecule has 0 radical (unpaired) electrons. The van der Waals surface area contributed by atoms with E-state index in [2.05, 4.69) is 6.08 Å². The summed E-state index contributed by atoms with van der Waals surface area (Å²) in [5, 5.41) is 17.9. The standard InChI is InChI=1S/C18H34O3/c1-2-17(19)15-13-11-9-7-5-3-4-6-8-10-12-14-16-18(20)21/h13,15,17,19H,2-12,14,16H2,1H3,(H,20,21). The van der Waals surface area contributed by atoms with Crippen LogP contribution in [0.25, 0.3) is 0 Å². The molecule has 0 aliphatic carbocycles. The van der Waals surface area contributed by atoms with Gasteiger partial charge in [-0.1, -0.05) is 70.4 Å². The predicted molar refractivity (Wildman–Crippen MR) is 88.5 cm³/mol. The smallest absolute Gasteiger partial charge is 0.303 e.